The summed E-state index contributed by atoms with van der Waals surface area (Å²) in [7, 11) is 0. The van der Waals surface area contributed by atoms with Crippen molar-refractivity contribution < 1.29 is 13.2 Å². The summed E-state index contributed by atoms with van der Waals surface area (Å²) in [5.41, 5.74) is -0.0633. The Hall–Kier alpha value is -0.930. The molecular formula is C7H8F3N. The van der Waals surface area contributed by atoms with Crippen molar-refractivity contribution in [2.24, 2.45) is 0 Å². The van der Waals surface area contributed by atoms with Crippen LogP contribution in [0.25, 0.3) is 0 Å². The molecule has 0 atom stereocenters. The maximum Gasteiger partial charge on any atom is 0.431 e. The van der Waals surface area contributed by atoms with E-state index in [1.165, 1.54) is 6.07 Å². The summed E-state index contributed by atoms with van der Waals surface area (Å²) >= 11 is 0. The van der Waals surface area contributed by atoms with Gasteiger partial charge in [-0.15, -0.1) is 0 Å². The van der Waals surface area contributed by atoms with E-state index in [-0.39, 0.29) is 0 Å². The van der Waals surface area contributed by atoms with Crippen LogP contribution in [0.2, 0.25) is 0 Å². The fourth-order valence-electron chi connectivity index (χ4n) is 0.812. The number of hydrogen-bond donors (Lipinski definition) is 1. The van der Waals surface area contributed by atoms with Crippen LogP contribution in [0.15, 0.2) is 12.1 Å². The highest BCUT2D eigenvalue weighted by Gasteiger charge is 2.31. The summed E-state index contributed by atoms with van der Waals surface area (Å²) in [6, 6.07) is 2.50. The summed E-state index contributed by atoms with van der Waals surface area (Å²) in [5.74, 6) is 0. The number of halogens is 3. The van der Waals surface area contributed by atoms with E-state index >= 15 is 0 Å². The molecule has 0 radical (unpaired) electrons. The van der Waals surface area contributed by atoms with Gasteiger partial charge in [-0.1, -0.05) is 6.92 Å². The third-order valence-corrected chi connectivity index (χ3v) is 1.43. The Morgan fingerprint density at radius 1 is 1.36 bits per heavy atom. The molecule has 1 rings (SSSR count). The topological polar surface area (TPSA) is 15.8 Å². The molecule has 0 aliphatic carbocycles. The van der Waals surface area contributed by atoms with E-state index in [4.69, 9.17) is 0 Å². The minimum absolute atomic E-state index is 0.593. The maximum atomic E-state index is 11.9. The van der Waals surface area contributed by atoms with Gasteiger partial charge in [0.15, 0.2) is 0 Å². The van der Waals surface area contributed by atoms with Gasteiger partial charge in [0.2, 0.25) is 0 Å². The van der Waals surface area contributed by atoms with Gasteiger partial charge in [0.25, 0.3) is 0 Å². The van der Waals surface area contributed by atoms with Crippen LogP contribution in [0.4, 0.5) is 13.2 Å². The number of aromatic amines is 1. The van der Waals surface area contributed by atoms with Crippen molar-refractivity contribution in [1.82, 2.24) is 4.98 Å². The first-order valence-corrected chi connectivity index (χ1v) is 3.29. The number of nitrogens with one attached hydrogen (secondary N) is 1. The number of aryl methyl sites for hydroxylation is 1. The summed E-state index contributed by atoms with van der Waals surface area (Å²) in [6.45, 7) is 1.80. The van der Waals surface area contributed by atoms with E-state index in [9.17, 15) is 13.2 Å². The third kappa shape index (κ3) is 1.76. The molecule has 0 unspecified atom stereocenters. The Morgan fingerprint density at radius 2 is 2.00 bits per heavy atom. The van der Waals surface area contributed by atoms with Crippen LogP contribution in [-0.4, -0.2) is 4.98 Å². The summed E-state index contributed by atoms with van der Waals surface area (Å²) < 4.78 is 35.7. The smallest absolute Gasteiger partial charge is 0.355 e. The van der Waals surface area contributed by atoms with Gasteiger partial charge in [0.05, 0.1) is 0 Å². The molecule has 0 aromatic carbocycles. The SMILES string of the molecule is CCc1ccc(C(F)(F)F)[nH]1. The van der Waals surface area contributed by atoms with Gasteiger partial charge in [-0.25, -0.2) is 0 Å². The maximum absolute atomic E-state index is 11.9. The van der Waals surface area contributed by atoms with Crippen molar-refractivity contribution in [2.45, 2.75) is 19.5 Å². The van der Waals surface area contributed by atoms with E-state index in [2.05, 4.69) is 4.98 Å². The van der Waals surface area contributed by atoms with Crippen molar-refractivity contribution in [3.05, 3.63) is 23.5 Å². The van der Waals surface area contributed by atoms with Crippen LogP contribution in [-0.2, 0) is 12.6 Å². The minimum atomic E-state index is -4.24. The molecule has 1 N–H and O–H groups in total. The quantitative estimate of drug-likeness (QED) is 0.654. The molecule has 11 heavy (non-hydrogen) atoms. The second-order valence-electron chi connectivity index (χ2n) is 2.25. The van der Waals surface area contributed by atoms with E-state index in [0.29, 0.717) is 12.1 Å². The molecule has 0 aliphatic heterocycles. The largest absolute Gasteiger partial charge is 0.431 e. The van der Waals surface area contributed by atoms with E-state index in [1.54, 1.807) is 6.92 Å². The fourth-order valence-corrected chi connectivity index (χ4v) is 0.812. The molecule has 0 spiro atoms. The van der Waals surface area contributed by atoms with Crippen molar-refractivity contribution in [2.75, 3.05) is 0 Å². The molecule has 1 nitrogen and oxygen atoms in total. The van der Waals surface area contributed by atoms with Gasteiger partial charge in [0.1, 0.15) is 5.69 Å². The van der Waals surface area contributed by atoms with Gasteiger partial charge in [0, 0.05) is 5.69 Å². The number of H-pyrrole nitrogens is 1. The lowest BCUT2D eigenvalue weighted by Gasteiger charge is -2.01. The van der Waals surface area contributed by atoms with Crippen LogP contribution in [0.1, 0.15) is 18.3 Å². The molecule has 0 saturated heterocycles. The summed E-state index contributed by atoms with van der Waals surface area (Å²) in [5, 5.41) is 0. The van der Waals surface area contributed by atoms with Crippen molar-refractivity contribution >= 4 is 0 Å². The molecular weight excluding hydrogens is 155 g/mol. The van der Waals surface area contributed by atoms with Gasteiger partial charge in [-0.3, -0.25) is 0 Å². The molecule has 0 bridgehead atoms. The lowest BCUT2D eigenvalue weighted by atomic mass is 10.3. The van der Waals surface area contributed by atoms with Gasteiger partial charge in [-0.2, -0.15) is 13.2 Å². The molecule has 0 amide bonds. The zero-order valence-corrected chi connectivity index (χ0v) is 6.00. The highest BCUT2D eigenvalue weighted by atomic mass is 19.4. The Bertz CT molecular complexity index is 236. The third-order valence-electron chi connectivity index (χ3n) is 1.43. The Morgan fingerprint density at radius 3 is 2.27 bits per heavy atom. The Kier molecular flexibility index (Phi) is 1.93. The van der Waals surface area contributed by atoms with Crippen molar-refractivity contribution in [1.29, 1.82) is 0 Å². The van der Waals surface area contributed by atoms with E-state index in [1.807, 2.05) is 0 Å². The van der Waals surface area contributed by atoms with Crippen LogP contribution in [0.3, 0.4) is 0 Å². The monoisotopic (exact) mass is 163 g/mol. The van der Waals surface area contributed by atoms with Crippen LogP contribution in [0.5, 0.6) is 0 Å². The lowest BCUT2D eigenvalue weighted by Crippen LogP contribution is -2.05. The lowest BCUT2D eigenvalue weighted by molar-refractivity contribution is -0.140. The van der Waals surface area contributed by atoms with Crippen LogP contribution < -0.4 is 0 Å². The van der Waals surface area contributed by atoms with Crippen LogP contribution in [0, 0.1) is 0 Å². The van der Waals surface area contributed by atoms with Crippen molar-refractivity contribution in [3.8, 4) is 0 Å². The Labute approximate surface area is 62.2 Å². The first-order valence-electron chi connectivity index (χ1n) is 3.29. The standard InChI is InChI=1S/C7H8F3N/c1-2-5-3-4-6(11-5)7(8,9)10/h3-4,11H,2H2,1H3. The van der Waals surface area contributed by atoms with E-state index in [0.717, 1.165) is 6.07 Å². The van der Waals surface area contributed by atoms with Crippen molar-refractivity contribution in [3.63, 3.8) is 0 Å². The van der Waals surface area contributed by atoms with Gasteiger partial charge >= 0.3 is 6.18 Å². The molecule has 0 aliphatic rings. The number of alkyl halides is 3. The zero-order valence-electron chi connectivity index (χ0n) is 6.00. The number of rotatable bonds is 1. The first-order chi connectivity index (χ1) is 5.04. The first kappa shape index (κ1) is 8.17. The molecule has 0 saturated carbocycles. The fraction of sp³-hybridized carbons (Fsp3) is 0.429. The second kappa shape index (κ2) is 2.60. The second-order valence-corrected chi connectivity index (χ2v) is 2.25. The molecule has 1 heterocycles. The van der Waals surface area contributed by atoms with Gasteiger partial charge < -0.3 is 4.98 Å². The highest BCUT2D eigenvalue weighted by Crippen LogP contribution is 2.28. The molecule has 1 aromatic rings. The number of hydrogen-bond acceptors (Lipinski definition) is 0. The zero-order chi connectivity index (χ0) is 8.48. The van der Waals surface area contributed by atoms with E-state index < -0.39 is 11.9 Å². The number of aromatic nitrogens is 1. The molecule has 4 heteroatoms. The minimum Gasteiger partial charge on any atom is -0.355 e. The highest BCUT2D eigenvalue weighted by molar-refractivity contribution is 5.15. The molecule has 62 valence electrons. The van der Waals surface area contributed by atoms with Crippen LogP contribution >= 0.6 is 0 Å². The average molecular weight is 163 g/mol. The summed E-state index contributed by atoms with van der Waals surface area (Å²) in [6.07, 6.45) is -3.65. The predicted octanol–water partition coefficient (Wildman–Crippen LogP) is 2.60. The average Bonchev–Trinajstić information content (AvgIpc) is 2.32. The Balaban J connectivity index is 2.89. The molecule has 0 fully saturated rings. The normalized spacial score (nSPS) is 12.0. The summed E-state index contributed by atoms with van der Waals surface area (Å²) in [4.78, 5) is 2.28. The van der Waals surface area contributed by atoms with Gasteiger partial charge in [-0.05, 0) is 18.6 Å². The molecule has 1 aromatic heterocycles. The predicted molar refractivity (Wildman–Crippen MR) is 35.2 cm³/mol.